The van der Waals surface area contributed by atoms with E-state index < -0.39 is 0 Å². The molecule has 3 rings (SSSR count). The molecular formula is C21H32N2O. The van der Waals surface area contributed by atoms with E-state index in [9.17, 15) is 4.79 Å². The van der Waals surface area contributed by atoms with Gasteiger partial charge in [0.15, 0.2) is 0 Å². The molecule has 1 unspecified atom stereocenters. The first-order chi connectivity index (χ1) is 11.4. The third kappa shape index (κ3) is 3.23. The Morgan fingerprint density at radius 3 is 2.29 bits per heavy atom. The number of hydrogen-bond donors (Lipinski definition) is 0. The van der Waals surface area contributed by atoms with Gasteiger partial charge in [0, 0.05) is 43.6 Å². The van der Waals surface area contributed by atoms with Crippen LogP contribution in [0.5, 0.6) is 0 Å². The molecule has 1 spiro atoms. The Bertz CT molecular complexity index is 558. The van der Waals surface area contributed by atoms with Crippen LogP contribution in [0.4, 0.5) is 0 Å². The Morgan fingerprint density at radius 2 is 1.75 bits per heavy atom. The predicted octanol–water partition coefficient (Wildman–Crippen LogP) is 4.11. The van der Waals surface area contributed by atoms with Gasteiger partial charge in [-0.25, -0.2) is 0 Å². The number of carbonyl (C=O) groups excluding carboxylic acids is 1. The molecule has 0 N–H and O–H groups in total. The fourth-order valence-electron chi connectivity index (χ4n) is 4.55. The normalized spacial score (nSPS) is 23.8. The van der Waals surface area contributed by atoms with Gasteiger partial charge in [0.25, 0.3) is 0 Å². The molecule has 3 nitrogen and oxygen atoms in total. The Labute approximate surface area is 147 Å². The average Bonchev–Trinajstić information content (AvgIpc) is 2.53. The van der Waals surface area contributed by atoms with Crippen LogP contribution in [-0.2, 0) is 4.79 Å². The zero-order valence-electron chi connectivity index (χ0n) is 15.7. The lowest BCUT2D eigenvalue weighted by atomic mass is 9.62. The van der Waals surface area contributed by atoms with E-state index in [4.69, 9.17) is 0 Å². The summed E-state index contributed by atoms with van der Waals surface area (Å²) >= 11 is 0. The molecule has 1 atom stereocenters. The highest BCUT2D eigenvalue weighted by Crippen LogP contribution is 2.55. The second-order valence-electron chi connectivity index (χ2n) is 8.42. The summed E-state index contributed by atoms with van der Waals surface area (Å²) in [6, 6.07) is 12.0. The zero-order valence-corrected chi connectivity index (χ0v) is 15.7. The van der Waals surface area contributed by atoms with E-state index in [0.717, 1.165) is 25.9 Å². The molecule has 0 saturated carbocycles. The van der Waals surface area contributed by atoms with E-state index in [2.05, 4.69) is 67.8 Å². The van der Waals surface area contributed by atoms with Crippen molar-refractivity contribution in [3.8, 4) is 0 Å². The van der Waals surface area contributed by atoms with Crippen LogP contribution in [-0.4, -0.2) is 41.4 Å². The third-order valence-corrected chi connectivity index (χ3v) is 5.88. The van der Waals surface area contributed by atoms with Crippen LogP contribution in [0.3, 0.4) is 0 Å². The number of amides is 1. The Kier molecular flexibility index (Phi) is 5.00. The number of hydrogen-bond acceptors (Lipinski definition) is 2. The Hall–Kier alpha value is -1.35. The second-order valence-corrected chi connectivity index (χ2v) is 8.42. The first kappa shape index (κ1) is 17.5. The lowest BCUT2D eigenvalue weighted by Gasteiger charge is -2.62. The number of piperidine rings is 1. The van der Waals surface area contributed by atoms with Crippen molar-refractivity contribution in [2.45, 2.75) is 59.0 Å². The highest BCUT2D eigenvalue weighted by molar-refractivity contribution is 5.76. The van der Waals surface area contributed by atoms with Gasteiger partial charge in [0.05, 0.1) is 0 Å². The van der Waals surface area contributed by atoms with E-state index in [-0.39, 0.29) is 0 Å². The molecule has 0 radical (unpaired) electrons. The molecule has 24 heavy (non-hydrogen) atoms. The standard InChI is InChI=1S/C21H32N2O/c1-16(2)14-19(24)22-12-10-21(11-13-22)15-23(17(3)4)20(21)18-8-6-5-7-9-18/h5-9,16-17,20H,10-15H2,1-4H3. The minimum Gasteiger partial charge on any atom is -0.343 e. The summed E-state index contributed by atoms with van der Waals surface area (Å²) in [6.45, 7) is 11.9. The zero-order chi connectivity index (χ0) is 17.3. The molecule has 1 aromatic rings. The Balaban J connectivity index is 1.71. The summed E-state index contributed by atoms with van der Waals surface area (Å²) in [5.41, 5.74) is 1.81. The van der Waals surface area contributed by atoms with Crippen LogP contribution in [0.1, 0.15) is 58.6 Å². The van der Waals surface area contributed by atoms with Gasteiger partial charge in [-0.1, -0.05) is 44.2 Å². The molecule has 1 amide bonds. The van der Waals surface area contributed by atoms with Crippen molar-refractivity contribution in [3.05, 3.63) is 35.9 Å². The first-order valence-corrected chi connectivity index (χ1v) is 9.51. The topological polar surface area (TPSA) is 23.6 Å². The molecule has 0 aromatic heterocycles. The molecule has 3 heteroatoms. The summed E-state index contributed by atoms with van der Waals surface area (Å²) in [5.74, 6) is 0.793. The number of benzene rings is 1. The lowest BCUT2D eigenvalue weighted by molar-refractivity contribution is -0.148. The van der Waals surface area contributed by atoms with E-state index in [1.807, 2.05) is 0 Å². The van der Waals surface area contributed by atoms with Gasteiger partial charge in [-0.2, -0.15) is 0 Å². The van der Waals surface area contributed by atoms with Crippen LogP contribution < -0.4 is 0 Å². The predicted molar refractivity (Wildman–Crippen MR) is 98.7 cm³/mol. The molecular weight excluding hydrogens is 296 g/mol. The van der Waals surface area contributed by atoms with E-state index >= 15 is 0 Å². The number of carbonyl (C=O) groups is 1. The summed E-state index contributed by atoms with van der Waals surface area (Å²) in [6.07, 6.45) is 2.96. The van der Waals surface area contributed by atoms with Crippen molar-refractivity contribution in [1.82, 2.24) is 9.80 Å². The van der Waals surface area contributed by atoms with Gasteiger partial charge < -0.3 is 4.90 Å². The van der Waals surface area contributed by atoms with Crippen molar-refractivity contribution < 1.29 is 4.79 Å². The fraction of sp³-hybridized carbons (Fsp3) is 0.667. The molecule has 2 aliphatic rings. The van der Waals surface area contributed by atoms with Gasteiger partial charge in [-0.05, 0) is 38.2 Å². The highest BCUT2D eigenvalue weighted by atomic mass is 16.2. The molecule has 132 valence electrons. The number of rotatable bonds is 4. The van der Waals surface area contributed by atoms with Crippen molar-refractivity contribution in [1.29, 1.82) is 0 Å². The third-order valence-electron chi connectivity index (χ3n) is 5.88. The molecule has 2 aliphatic heterocycles. The van der Waals surface area contributed by atoms with E-state index in [1.165, 1.54) is 12.1 Å². The van der Waals surface area contributed by atoms with Crippen LogP contribution in [0, 0.1) is 11.3 Å². The van der Waals surface area contributed by atoms with Crippen LogP contribution >= 0.6 is 0 Å². The quantitative estimate of drug-likeness (QED) is 0.830. The van der Waals surface area contributed by atoms with Gasteiger partial charge in [-0.3, -0.25) is 9.69 Å². The van der Waals surface area contributed by atoms with Crippen molar-refractivity contribution in [2.24, 2.45) is 11.3 Å². The second kappa shape index (κ2) is 6.87. The first-order valence-electron chi connectivity index (χ1n) is 9.51. The van der Waals surface area contributed by atoms with Gasteiger partial charge in [0.1, 0.15) is 0 Å². The molecule has 1 aromatic carbocycles. The maximum Gasteiger partial charge on any atom is 0.222 e. The smallest absolute Gasteiger partial charge is 0.222 e. The molecule has 2 heterocycles. The van der Waals surface area contributed by atoms with E-state index in [1.54, 1.807) is 0 Å². The minimum atomic E-state index is 0.344. The maximum absolute atomic E-state index is 12.4. The van der Waals surface area contributed by atoms with Crippen LogP contribution in [0.2, 0.25) is 0 Å². The van der Waals surface area contributed by atoms with Crippen molar-refractivity contribution in [2.75, 3.05) is 19.6 Å². The molecule has 2 fully saturated rings. The van der Waals surface area contributed by atoms with Crippen molar-refractivity contribution in [3.63, 3.8) is 0 Å². The van der Waals surface area contributed by atoms with Gasteiger partial charge in [0.2, 0.25) is 5.91 Å². The number of likely N-dealkylation sites (tertiary alicyclic amines) is 2. The largest absolute Gasteiger partial charge is 0.343 e. The summed E-state index contributed by atoms with van der Waals surface area (Å²) < 4.78 is 0. The lowest BCUT2D eigenvalue weighted by Crippen LogP contribution is -2.64. The van der Waals surface area contributed by atoms with Crippen LogP contribution in [0.25, 0.3) is 0 Å². The average molecular weight is 328 g/mol. The number of nitrogens with zero attached hydrogens (tertiary/aromatic N) is 2. The van der Waals surface area contributed by atoms with E-state index in [0.29, 0.717) is 35.7 Å². The minimum absolute atomic E-state index is 0.344. The van der Waals surface area contributed by atoms with Crippen molar-refractivity contribution >= 4 is 5.91 Å². The SMILES string of the molecule is CC(C)CC(=O)N1CCC2(CC1)CN(C(C)C)C2c1ccccc1. The molecule has 2 saturated heterocycles. The fourth-order valence-corrected chi connectivity index (χ4v) is 4.55. The highest BCUT2D eigenvalue weighted by Gasteiger charge is 2.54. The summed E-state index contributed by atoms with van der Waals surface area (Å²) in [7, 11) is 0. The summed E-state index contributed by atoms with van der Waals surface area (Å²) in [5, 5.41) is 0. The molecule has 0 bridgehead atoms. The summed E-state index contributed by atoms with van der Waals surface area (Å²) in [4.78, 5) is 17.1. The monoisotopic (exact) mass is 328 g/mol. The maximum atomic E-state index is 12.4. The molecule has 0 aliphatic carbocycles. The van der Waals surface area contributed by atoms with Crippen LogP contribution in [0.15, 0.2) is 30.3 Å². The van der Waals surface area contributed by atoms with Gasteiger partial charge >= 0.3 is 0 Å². The Morgan fingerprint density at radius 1 is 1.12 bits per heavy atom. The van der Waals surface area contributed by atoms with Gasteiger partial charge in [-0.15, -0.1) is 0 Å².